The predicted octanol–water partition coefficient (Wildman–Crippen LogP) is 3.15. The van der Waals surface area contributed by atoms with Crippen LogP contribution in [0.4, 0.5) is 5.69 Å². The maximum Gasteiger partial charge on any atom is 0.0954 e. The summed E-state index contributed by atoms with van der Waals surface area (Å²) in [6.07, 6.45) is 6.81. The van der Waals surface area contributed by atoms with E-state index < -0.39 is 0 Å². The van der Waals surface area contributed by atoms with Gasteiger partial charge in [-0.25, -0.2) is 4.98 Å². The van der Waals surface area contributed by atoms with Crippen molar-refractivity contribution in [3.8, 4) is 0 Å². The van der Waals surface area contributed by atoms with Gasteiger partial charge in [0.2, 0.25) is 0 Å². The molecular weight excluding hydrogens is 290 g/mol. The van der Waals surface area contributed by atoms with Gasteiger partial charge in [0.1, 0.15) is 0 Å². The van der Waals surface area contributed by atoms with Crippen LogP contribution in [0.2, 0.25) is 0 Å². The molecule has 0 fully saturated rings. The molecule has 0 saturated carbocycles. The first-order chi connectivity index (χ1) is 8.74. The Hall–Kier alpha value is -1.29. The minimum Gasteiger partial charge on any atom is -0.399 e. The van der Waals surface area contributed by atoms with Crippen LogP contribution < -0.4 is 5.73 Å². The quantitative estimate of drug-likeness (QED) is 0.866. The largest absolute Gasteiger partial charge is 0.399 e. The Morgan fingerprint density at radius 3 is 2.94 bits per heavy atom. The first-order valence-corrected chi connectivity index (χ1v) is 7.10. The summed E-state index contributed by atoms with van der Waals surface area (Å²) in [4.78, 5) is 4.52. The summed E-state index contributed by atoms with van der Waals surface area (Å²) in [7, 11) is 0. The van der Waals surface area contributed by atoms with Gasteiger partial charge in [-0.3, -0.25) is 0 Å². The molecule has 2 N–H and O–H groups in total. The van der Waals surface area contributed by atoms with E-state index in [1.54, 1.807) is 0 Å². The fourth-order valence-corrected chi connectivity index (χ4v) is 3.06. The lowest BCUT2D eigenvalue weighted by Crippen LogP contribution is -2.09. The highest BCUT2D eigenvalue weighted by atomic mass is 79.9. The van der Waals surface area contributed by atoms with E-state index in [-0.39, 0.29) is 0 Å². The summed E-state index contributed by atoms with van der Waals surface area (Å²) >= 11 is 3.58. The van der Waals surface area contributed by atoms with Crippen LogP contribution in [0.25, 0.3) is 0 Å². The van der Waals surface area contributed by atoms with E-state index in [4.69, 9.17) is 5.73 Å². The second-order valence-electron chi connectivity index (χ2n) is 4.82. The zero-order valence-corrected chi connectivity index (χ0v) is 11.8. The number of aromatic nitrogens is 2. The molecule has 0 saturated heterocycles. The van der Waals surface area contributed by atoms with Crippen LogP contribution in [0.5, 0.6) is 0 Å². The van der Waals surface area contributed by atoms with Crippen molar-refractivity contribution in [1.82, 2.24) is 9.55 Å². The number of fused-ring (bicyclic) bond motifs is 1. The number of nitrogens with zero attached hydrogens (tertiary/aromatic N) is 2. The van der Waals surface area contributed by atoms with Crippen molar-refractivity contribution in [2.24, 2.45) is 0 Å². The number of nitrogens with two attached hydrogens (primary N) is 1. The Bertz CT molecular complexity index is 574. The molecule has 1 heterocycles. The average molecular weight is 306 g/mol. The summed E-state index contributed by atoms with van der Waals surface area (Å²) in [6, 6.07) is 5.98. The highest BCUT2D eigenvalue weighted by Crippen LogP contribution is 2.24. The van der Waals surface area contributed by atoms with Crippen LogP contribution in [0.15, 0.2) is 29.0 Å². The van der Waals surface area contributed by atoms with Gasteiger partial charge in [-0.2, -0.15) is 0 Å². The van der Waals surface area contributed by atoms with Crippen molar-refractivity contribution in [2.75, 3.05) is 5.73 Å². The maximum absolute atomic E-state index is 5.76. The minimum atomic E-state index is 0.790. The molecule has 1 aliphatic rings. The highest BCUT2D eigenvalue weighted by molar-refractivity contribution is 9.10. The van der Waals surface area contributed by atoms with E-state index in [9.17, 15) is 0 Å². The van der Waals surface area contributed by atoms with Crippen LogP contribution in [-0.4, -0.2) is 9.55 Å². The van der Waals surface area contributed by atoms with Crippen molar-refractivity contribution >= 4 is 21.6 Å². The number of hydrogen-bond acceptors (Lipinski definition) is 2. The van der Waals surface area contributed by atoms with E-state index in [0.29, 0.717) is 0 Å². The molecule has 18 heavy (non-hydrogen) atoms. The number of anilines is 1. The Morgan fingerprint density at radius 1 is 1.28 bits per heavy atom. The molecule has 0 bridgehead atoms. The molecule has 4 heteroatoms. The number of hydrogen-bond donors (Lipinski definition) is 1. The molecule has 1 aromatic heterocycles. The van der Waals surface area contributed by atoms with E-state index >= 15 is 0 Å². The lowest BCUT2D eigenvalue weighted by atomic mass is 10.0. The van der Waals surface area contributed by atoms with Crippen molar-refractivity contribution < 1.29 is 0 Å². The third-order valence-electron chi connectivity index (χ3n) is 3.53. The summed E-state index contributed by atoms with van der Waals surface area (Å²) < 4.78 is 3.34. The summed E-state index contributed by atoms with van der Waals surface area (Å²) in [5.74, 6) is 0. The van der Waals surface area contributed by atoms with Gasteiger partial charge in [0.25, 0.3) is 0 Å². The SMILES string of the molecule is Nc1ccc(Cn2cnc3c2CCCC3)c(Br)c1. The third kappa shape index (κ3) is 2.17. The maximum atomic E-state index is 5.76. The highest BCUT2D eigenvalue weighted by Gasteiger charge is 2.15. The second kappa shape index (κ2) is 4.76. The second-order valence-corrected chi connectivity index (χ2v) is 5.68. The number of halogens is 1. The predicted molar refractivity (Wildman–Crippen MR) is 76.5 cm³/mol. The topological polar surface area (TPSA) is 43.8 Å². The van der Waals surface area contributed by atoms with Crippen LogP contribution in [0.1, 0.15) is 29.8 Å². The van der Waals surface area contributed by atoms with Gasteiger partial charge in [0.15, 0.2) is 0 Å². The van der Waals surface area contributed by atoms with Crippen molar-refractivity contribution in [3.05, 3.63) is 46.0 Å². The molecule has 0 atom stereocenters. The normalized spacial score (nSPS) is 14.5. The van der Waals surface area contributed by atoms with Crippen molar-refractivity contribution in [3.63, 3.8) is 0 Å². The molecule has 0 aliphatic heterocycles. The monoisotopic (exact) mass is 305 g/mol. The van der Waals surface area contributed by atoms with Crippen LogP contribution in [0.3, 0.4) is 0 Å². The Morgan fingerprint density at radius 2 is 2.11 bits per heavy atom. The van der Waals surface area contributed by atoms with Crippen LogP contribution in [-0.2, 0) is 19.4 Å². The van der Waals surface area contributed by atoms with Gasteiger partial charge >= 0.3 is 0 Å². The van der Waals surface area contributed by atoms with Crippen LogP contribution >= 0.6 is 15.9 Å². The summed E-state index contributed by atoms with van der Waals surface area (Å²) in [5.41, 5.74) is 10.5. The lowest BCUT2D eigenvalue weighted by molar-refractivity contribution is 0.628. The van der Waals surface area contributed by atoms with Gasteiger partial charge < -0.3 is 10.3 Å². The fourth-order valence-electron chi connectivity index (χ4n) is 2.54. The molecule has 3 rings (SSSR count). The van der Waals surface area contributed by atoms with Gasteiger partial charge in [-0.05, 0) is 43.4 Å². The number of aryl methyl sites for hydroxylation is 1. The number of nitrogen functional groups attached to an aromatic ring is 1. The Balaban J connectivity index is 1.90. The van der Waals surface area contributed by atoms with E-state index in [2.05, 4.69) is 31.5 Å². The summed E-state index contributed by atoms with van der Waals surface area (Å²) in [6.45, 7) is 0.864. The zero-order valence-electron chi connectivity index (χ0n) is 10.2. The molecule has 0 unspecified atom stereocenters. The number of benzene rings is 1. The zero-order chi connectivity index (χ0) is 12.5. The molecule has 0 amide bonds. The summed E-state index contributed by atoms with van der Waals surface area (Å²) in [5, 5.41) is 0. The van der Waals surface area contributed by atoms with E-state index in [1.807, 2.05) is 18.5 Å². The van der Waals surface area contributed by atoms with Gasteiger partial charge in [-0.1, -0.05) is 22.0 Å². The van der Waals surface area contributed by atoms with Gasteiger partial charge in [0, 0.05) is 22.4 Å². The average Bonchev–Trinajstić information content (AvgIpc) is 2.76. The number of imidazole rings is 1. The Kier molecular flexibility index (Phi) is 3.12. The molecule has 94 valence electrons. The van der Waals surface area contributed by atoms with Gasteiger partial charge in [-0.15, -0.1) is 0 Å². The standard InChI is InChI=1S/C14H16BrN3/c15-12-7-11(16)6-5-10(12)8-18-9-17-13-3-1-2-4-14(13)18/h5-7,9H,1-4,8,16H2. The molecular formula is C14H16BrN3. The first kappa shape index (κ1) is 11.8. The van der Waals surface area contributed by atoms with Gasteiger partial charge in [0.05, 0.1) is 12.0 Å². The molecule has 0 radical (unpaired) electrons. The van der Waals surface area contributed by atoms with E-state index in [1.165, 1.54) is 29.8 Å². The molecule has 2 aromatic rings. The molecule has 0 spiro atoms. The minimum absolute atomic E-state index is 0.790. The fraction of sp³-hybridized carbons (Fsp3) is 0.357. The lowest BCUT2D eigenvalue weighted by Gasteiger charge is -2.14. The van der Waals surface area contributed by atoms with Crippen molar-refractivity contribution in [1.29, 1.82) is 0 Å². The van der Waals surface area contributed by atoms with Crippen LogP contribution in [0, 0.1) is 0 Å². The molecule has 1 aromatic carbocycles. The first-order valence-electron chi connectivity index (χ1n) is 6.31. The number of rotatable bonds is 2. The Labute approximate surface area is 115 Å². The van der Waals surface area contributed by atoms with Crippen molar-refractivity contribution in [2.45, 2.75) is 32.2 Å². The van der Waals surface area contributed by atoms with E-state index in [0.717, 1.165) is 29.5 Å². The smallest absolute Gasteiger partial charge is 0.0954 e. The molecule has 1 aliphatic carbocycles. The third-order valence-corrected chi connectivity index (χ3v) is 4.27. The molecule has 3 nitrogen and oxygen atoms in total.